The molecule has 170 valence electrons. The van der Waals surface area contributed by atoms with Gasteiger partial charge in [0.1, 0.15) is 18.5 Å². The number of rotatable bonds is 6. The Bertz CT molecular complexity index is 1190. The van der Waals surface area contributed by atoms with Crippen molar-refractivity contribution in [2.75, 3.05) is 11.9 Å². The van der Waals surface area contributed by atoms with E-state index in [1.807, 2.05) is 0 Å². The number of nitrogens with two attached hydrogens (primary N) is 1. The van der Waals surface area contributed by atoms with Gasteiger partial charge in [-0.05, 0) is 30.3 Å². The average Bonchev–Trinajstić information content (AvgIpc) is 3.12. The van der Waals surface area contributed by atoms with E-state index in [1.165, 1.54) is 12.3 Å². The van der Waals surface area contributed by atoms with E-state index in [0.29, 0.717) is 11.1 Å². The summed E-state index contributed by atoms with van der Waals surface area (Å²) in [6, 6.07) is 16.9. The number of alkyl halides is 1. The normalized spacial score (nSPS) is 22.0. The van der Waals surface area contributed by atoms with E-state index in [2.05, 4.69) is 10.3 Å². The van der Waals surface area contributed by atoms with Crippen molar-refractivity contribution < 1.29 is 23.5 Å². The van der Waals surface area contributed by atoms with Crippen LogP contribution in [0.1, 0.15) is 26.9 Å². The van der Waals surface area contributed by atoms with Crippen LogP contribution < -0.4 is 16.7 Å². The van der Waals surface area contributed by atoms with Gasteiger partial charge in [0.25, 0.3) is 5.91 Å². The number of benzene rings is 2. The Morgan fingerprint density at radius 3 is 2.33 bits per heavy atom. The van der Waals surface area contributed by atoms with Gasteiger partial charge in [-0.25, -0.2) is 14.0 Å². The molecule has 0 spiro atoms. The third-order valence-electron chi connectivity index (χ3n) is 5.15. The second-order valence-electron chi connectivity index (χ2n) is 7.37. The number of nitrogens with one attached hydrogen (secondary N) is 1. The van der Waals surface area contributed by atoms with E-state index < -0.39 is 42.1 Å². The molecule has 10 heteroatoms. The van der Waals surface area contributed by atoms with Crippen LogP contribution in [0, 0.1) is 0 Å². The highest BCUT2D eigenvalue weighted by Crippen LogP contribution is 2.30. The van der Waals surface area contributed by atoms with Crippen molar-refractivity contribution in [1.82, 2.24) is 9.55 Å². The molecule has 9 nitrogen and oxygen atoms in total. The summed E-state index contributed by atoms with van der Waals surface area (Å²) < 4.78 is 26.6. The highest BCUT2D eigenvalue weighted by atomic mass is 19.1. The number of nitrogens with zero attached hydrogens (tertiary/aromatic N) is 2. The predicted octanol–water partition coefficient (Wildman–Crippen LogP) is 1.92. The van der Waals surface area contributed by atoms with Gasteiger partial charge < -0.3 is 20.5 Å². The van der Waals surface area contributed by atoms with Crippen LogP contribution in [0.5, 0.6) is 0 Å². The number of hydrogen-bond acceptors (Lipinski definition) is 7. The lowest BCUT2D eigenvalue weighted by atomic mass is 10.1. The number of ether oxygens (including phenoxy) is 2. The van der Waals surface area contributed by atoms with Crippen LogP contribution in [0.2, 0.25) is 0 Å². The minimum absolute atomic E-state index is 0.0103. The summed E-state index contributed by atoms with van der Waals surface area (Å²) in [6.07, 6.45) is -2.78. The molecule has 3 N–H and O–H groups in total. The number of esters is 1. The van der Waals surface area contributed by atoms with Crippen LogP contribution in [-0.4, -0.2) is 46.4 Å². The SMILES string of the molecule is N[C@H]1[C@@H](F)[C@H](n2ccc(NC(=O)c3ccccc3)nc2=O)O[C@@H]1COC(=O)c1ccccc1. The maximum atomic E-state index is 14.8. The summed E-state index contributed by atoms with van der Waals surface area (Å²) in [7, 11) is 0. The molecule has 1 fully saturated rings. The van der Waals surface area contributed by atoms with E-state index in [-0.39, 0.29) is 12.4 Å². The van der Waals surface area contributed by atoms with E-state index in [9.17, 15) is 18.8 Å². The second-order valence-corrected chi connectivity index (χ2v) is 7.37. The molecule has 1 amide bonds. The predicted molar refractivity (Wildman–Crippen MR) is 116 cm³/mol. The van der Waals surface area contributed by atoms with Gasteiger partial charge >= 0.3 is 11.7 Å². The number of anilines is 1. The fraction of sp³-hybridized carbons (Fsp3) is 0.217. The fourth-order valence-corrected chi connectivity index (χ4v) is 3.38. The van der Waals surface area contributed by atoms with E-state index >= 15 is 0 Å². The summed E-state index contributed by atoms with van der Waals surface area (Å²) >= 11 is 0. The molecule has 4 rings (SSSR count). The lowest BCUT2D eigenvalue weighted by molar-refractivity contribution is -0.0465. The summed E-state index contributed by atoms with van der Waals surface area (Å²) in [5.74, 6) is -1.03. The highest BCUT2D eigenvalue weighted by molar-refractivity contribution is 6.03. The summed E-state index contributed by atoms with van der Waals surface area (Å²) in [5, 5.41) is 2.51. The number of aromatic nitrogens is 2. The van der Waals surface area contributed by atoms with Gasteiger partial charge in [-0.15, -0.1) is 0 Å². The smallest absolute Gasteiger partial charge is 0.351 e. The molecule has 2 heterocycles. The van der Waals surface area contributed by atoms with Gasteiger partial charge in [-0.1, -0.05) is 36.4 Å². The fourth-order valence-electron chi connectivity index (χ4n) is 3.38. The molecule has 3 aromatic rings. The largest absolute Gasteiger partial charge is 0.459 e. The Balaban J connectivity index is 1.41. The molecule has 1 saturated heterocycles. The first kappa shape index (κ1) is 22.3. The van der Waals surface area contributed by atoms with Crippen molar-refractivity contribution in [1.29, 1.82) is 0 Å². The Morgan fingerprint density at radius 2 is 1.70 bits per heavy atom. The quantitative estimate of drug-likeness (QED) is 0.547. The number of amides is 1. The van der Waals surface area contributed by atoms with Gasteiger partial charge in [0.05, 0.1) is 11.6 Å². The number of carbonyl (C=O) groups is 2. The highest BCUT2D eigenvalue weighted by Gasteiger charge is 2.45. The molecular weight excluding hydrogens is 431 g/mol. The van der Waals surface area contributed by atoms with Crippen molar-refractivity contribution >= 4 is 17.7 Å². The second kappa shape index (κ2) is 9.72. The van der Waals surface area contributed by atoms with Crippen molar-refractivity contribution in [2.24, 2.45) is 5.73 Å². The molecular formula is C23H21FN4O5. The van der Waals surface area contributed by atoms with Gasteiger partial charge in [-0.2, -0.15) is 4.98 Å². The van der Waals surface area contributed by atoms with Crippen molar-refractivity contribution in [3.8, 4) is 0 Å². The van der Waals surface area contributed by atoms with Gasteiger partial charge in [0, 0.05) is 11.8 Å². The summed E-state index contributed by atoms with van der Waals surface area (Å²) in [6.45, 7) is -0.279. The van der Waals surface area contributed by atoms with Crippen LogP contribution in [0.4, 0.5) is 10.2 Å². The summed E-state index contributed by atoms with van der Waals surface area (Å²) in [4.78, 5) is 40.6. The van der Waals surface area contributed by atoms with Crippen LogP contribution in [0.15, 0.2) is 77.7 Å². The van der Waals surface area contributed by atoms with Gasteiger partial charge in [0.15, 0.2) is 12.4 Å². The topological polar surface area (TPSA) is 126 Å². The average molecular weight is 452 g/mol. The van der Waals surface area contributed by atoms with Crippen LogP contribution in [0.25, 0.3) is 0 Å². The molecule has 33 heavy (non-hydrogen) atoms. The molecule has 0 saturated carbocycles. The van der Waals surface area contributed by atoms with E-state index in [4.69, 9.17) is 15.2 Å². The standard InChI is InChI=1S/C23H21FN4O5/c24-18-19(25)16(13-32-22(30)15-9-5-2-6-10-15)33-21(18)28-12-11-17(27-23(28)31)26-20(29)14-7-3-1-4-8-14/h1-12,16,18-19,21H,13,25H2,(H,26,27,29,31)/t16-,18-,19-,21-/m1/s1. The molecule has 1 aliphatic rings. The Labute approximate surface area is 188 Å². The zero-order valence-corrected chi connectivity index (χ0v) is 17.3. The Hall–Kier alpha value is -3.89. The monoisotopic (exact) mass is 452 g/mol. The van der Waals surface area contributed by atoms with Crippen molar-refractivity contribution in [3.63, 3.8) is 0 Å². The molecule has 2 aromatic carbocycles. The Kier molecular flexibility index (Phi) is 6.57. The molecule has 0 aliphatic carbocycles. The van der Waals surface area contributed by atoms with Crippen LogP contribution in [0.3, 0.4) is 0 Å². The first-order valence-electron chi connectivity index (χ1n) is 10.2. The third-order valence-corrected chi connectivity index (χ3v) is 5.15. The lowest BCUT2D eigenvalue weighted by Gasteiger charge is -2.16. The van der Waals surface area contributed by atoms with Crippen molar-refractivity contribution in [3.05, 3.63) is 94.5 Å². The van der Waals surface area contributed by atoms with E-state index in [0.717, 1.165) is 4.57 Å². The van der Waals surface area contributed by atoms with E-state index in [1.54, 1.807) is 60.7 Å². The third kappa shape index (κ3) is 4.97. The van der Waals surface area contributed by atoms with Crippen LogP contribution in [-0.2, 0) is 9.47 Å². The van der Waals surface area contributed by atoms with Gasteiger partial charge in [-0.3, -0.25) is 9.36 Å². The maximum absolute atomic E-state index is 14.8. The maximum Gasteiger partial charge on any atom is 0.351 e. The number of halogens is 1. The molecule has 0 bridgehead atoms. The van der Waals surface area contributed by atoms with Crippen LogP contribution >= 0.6 is 0 Å². The first-order chi connectivity index (χ1) is 15.9. The lowest BCUT2D eigenvalue weighted by Crippen LogP contribution is -2.40. The summed E-state index contributed by atoms with van der Waals surface area (Å²) in [5.41, 5.74) is 5.80. The molecule has 4 atom stereocenters. The molecule has 0 radical (unpaired) electrons. The zero-order valence-electron chi connectivity index (χ0n) is 17.3. The molecule has 1 aromatic heterocycles. The number of carbonyl (C=O) groups excluding carboxylic acids is 2. The van der Waals surface area contributed by atoms with Gasteiger partial charge in [0.2, 0.25) is 0 Å². The minimum Gasteiger partial charge on any atom is -0.459 e. The zero-order chi connectivity index (χ0) is 23.4. The molecule has 0 unspecified atom stereocenters. The van der Waals surface area contributed by atoms with Crippen molar-refractivity contribution in [2.45, 2.75) is 24.5 Å². The minimum atomic E-state index is -1.74. The first-order valence-corrected chi connectivity index (χ1v) is 10.2. The number of hydrogen-bond donors (Lipinski definition) is 2. The Morgan fingerprint density at radius 1 is 1.06 bits per heavy atom. The molecule has 1 aliphatic heterocycles.